The second kappa shape index (κ2) is 3.79. The summed E-state index contributed by atoms with van der Waals surface area (Å²) in [6.45, 7) is 1.88. The highest BCUT2D eigenvalue weighted by atomic mass is 32.2. The number of carbonyl (C=O) groups is 1. The van der Waals surface area contributed by atoms with E-state index in [0.29, 0.717) is 5.69 Å². The molecule has 0 aliphatic carbocycles. The minimum atomic E-state index is -3.68. The lowest BCUT2D eigenvalue weighted by molar-refractivity contribution is -0.117. The van der Waals surface area contributed by atoms with Crippen molar-refractivity contribution in [3.63, 3.8) is 0 Å². The maximum Gasteiger partial charge on any atom is 0.326 e. The molecule has 1 fully saturated rings. The summed E-state index contributed by atoms with van der Waals surface area (Å²) in [4.78, 5) is 11.0. The molecule has 1 heterocycles. The van der Waals surface area contributed by atoms with Gasteiger partial charge < -0.3 is 0 Å². The number of hydrogen-bond acceptors (Lipinski definition) is 3. The van der Waals surface area contributed by atoms with E-state index in [1.54, 1.807) is 12.1 Å². The SMILES string of the molecule is CCc1ccc(N2CC(=O)NS2(=O)=O)cc1. The Morgan fingerprint density at radius 1 is 1.31 bits per heavy atom. The van der Waals surface area contributed by atoms with Gasteiger partial charge in [-0.05, 0) is 24.1 Å². The molecule has 16 heavy (non-hydrogen) atoms. The van der Waals surface area contributed by atoms with Crippen LogP contribution in [0.5, 0.6) is 0 Å². The van der Waals surface area contributed by atoms with Gasteiger partial charge in [0, 0.05) is 0 Å². The van der Waals surface area contributed by atoms with Crippen LogP contribution in [0.3, 0.4) is 0 Å². The van der Waals surface area contributed by atoms with Gasteiger partial charge in [-0.3, -0.25) is 4.79 Å². The van der Waals surface area contributed by atoms with Gasteiger partial charge in [0.25, 0.3) is 5.91 Å². The highest BCUT2D eigenvalue weighted by Gasteiger charge is 2.33. The van der Waals surface area contributed by atoms with E-state index in [4.69, 9.17) is 0 Å². The van der Waals surface area contributed by atoms with E-state index >= 15 is 0 Å². The first-order chi connectivity index (χ1) is 7.53. The lowest BCUT2D eigenvalue weighted by Crippen LogP contribution is -2.29. The summed E-state index contributed by atoms with van der Waals surface area (Å²) in [6, 6.07) is 7.12. The Hall–Kier alpha value is -1.56. The minimum absolute atomic E-state index is 0.145. The van der Waals surface area contributed by atoms with Gasteiger partial charge in [0.1, 0.15) is 6.54 Å². The van der Waals surface area contributed by atoms with E-state index in [2.05, 4.69) is 0 Å². The summed E-state index contributed by atoms with van der Waals surface area (Å²) in [6.07, 6.45) is 0.893. The summed E-state index contributed by atoms with van der Waals surface area (Å²) < 4.78 is 26.0. The molecule has 1 saturated heterocycles. The molecule has 1 aromatic carbocycles. The van der Waals surface area contributed by atoms with E-state index in [-0.39, 0.29) is 6.54 Å². The zero-order chi connectivity index (χ0) is 11.8. The molecule has 0 aromatic heterocycles. The molecule has 5 nitrogen and oxygen atoms in total. The molecule has 1 amide bonds. The number of benzene rings is 1. The number of amides is 1. The Kier molecular flexibility index (Phi) is 2.59. The zero-order valence-electron chi connectivity index (χ0n) is 8.80. The third kappa shape index (κ3) is 1.88. The van der Waals surface area contributed by atoms with Crippen LogP contribution >= 0.6 is 0 Å². The first kappa shape index (κ1) is 10.9. The predicted octanol–water partition coefficient (Wildman–Crippen LogP) is 0.430. The smallest absolute Gasteiger partial charge is 0.272 e. The van der Waals surface area contributed by atoms with Crippen molar-refractivity contribution >= 4 is 21.8 Å². The molecule has 0 spiro atoms. The van der Waals surface area contributed by atoms with Crippen LogP contribution in [0.4, 0.5) is 5.69 Å². The average Bonchev–Trinajstić information content (AvgIpc) is 2.52. The van der Waals surface area contributed by atoms with E-state index in [1.165, 1.54) is 0 Å². The molecule has 2 rings (SSSR count). The first-order valence-electron chi connectivity index (χ1n) is 4.95. The maximum atomic E-state index is 11.5. The second-order valence-corrected chi connectivity index (χ2v) is 5.15. The van der Waals surface area contributed by atoms with Gasteiger partial charge in [0.2, 0.25) is 0 Å². The molecule has 0 saturated carbocycles. The fourth-order valence-electron chi connectivity index (χ4n) is 1.57. The van der Waals surface area contributed by atoms with E-state index in [9.17, 15) is 13.2 Å². The van der Waals surface area contributed by atoms with Crippen molar-refractivity contribution in [2.45, 2.75) is 13.3 Å². The molecule has 0 atom stereocenters. The molecule has 0 unspecified atom stereocenters. The van der Waals surface area contributed by atoms with Gasteiger partial charge in [0.05, 0.1) is 5.69 Å². The normalized spacial score (nSPS) is 18.6. The summed E-state index contributed by atoms with van der Waals surface area (Å²) >= 11 is 0. The number of nitrogens with zero attached hydrogens (tertiary/aromatic N) is 1. The van der Waals surface area contributed by atoms with Crippen molar-refractivity contribution < 1.29 is 13.2 Å². The standard InChI is InChI=1S/C10H12N2O3S/c1-2-8-3-5-9(6-4-8)12-7-10(13)11-16(12,14)15/h3-6H,2,7H2,1H3,(H,11,13). The Morgan fingerprint density at radius 3 is 2.38 bits per heavy atom. The number of anilines is 1. The summed E-state index contributed by atoms with van der Waals surface area (Å²) in [5.41, 5.74) is 1.63. The van der Waals surface area contributed by atoms with Gasteiger partial charge in [-0.25, -0.2) is 9.03 Å². The van der Waals surface area contributed by atoms with Crippen LogP contribution in [-0.4, -0.2) is 20.9 Å². The molecule has 86 valence electrons. The number of hydrogen-bond donors (Lipinski definition) is 1. The van der Waals surface area contributed by atoms with Crippen LogP contribution in [0.15, 0.2) is 24.3 Å². The Balaban J connectivity index is 2.34. The van der Waals surface area contributed by atoms with Crippen LogP contribution in [0.1, 0.15) is 12.5 Å². The molecule has 0 radical (unpaired) electrons. The van der Waals surface area contributed by atoms with Crippen LogP contribution in [0.25, 0.3) is 0 Å². The van der Waals surface area contributed by atoms with Crippen molar-refractivity contribution in [3.8, 4) is 0 Å². The van der Waals surface area contributed by atoms with Gasteiger partial charge in [-0.2, -0.15) is 8.42 Å². The summed E-state index contributed by atoms with van der Waals surface area (Å²) in [5, 5.41) is 0. The van der Waals surface area contributed by atoms with E-state index in [1.807, 2.05) is 23.8 Å². The fourth-order valence-corrected chi connectivity index (χ4v) is 2.72. The van der Waals surface area contributed by atoms with Crippen LogP contribution in [-0.2, 0) is 21.4 Å². The Morgan fingerprint density at radius 2 is 1.94 bits per heavy atom. The van der Waals surface area contributed by atoms with Crippen LogP contribution in [0, 0.1) is 0 Å². The third-order valence-electron chi connectivity index (χ3n) is 2.45. The second-order valence-electron chi connectivity index (χ2n) is 3.56. The number of rotatable bonds is 2. The quantitative estimate of drug-likeness (QED) is 0.815. The van der Waals surface area contributed by atoms with Crippen molar-refractivity contribution in [1.82, 2.24) is 4.72 Å². The lowest BCUT2D eigenvalue weighted by atomic mass is 10.1. The minimum Gasteiger partial charge on any atom is -0.272 e. The summed E-state index contributed by atoms with van der Waals surface area (Å²) in [7, 11) is -3.68. The Bertz CT molecular complexity index is 507. The van der Waals surface area contributed by atoms with Gasteiger partial charge in [-0.15, -0.1) is 0 Å². The van der Waals surface area contributed by atoms with E-state index in [0.717, 1.165) is 16.3 Å². The molecule has 1 N–H and O–H groups in total. The van der Waals surface area contributed by atoms with Crippen LogP contribution in [0.2, 0.25) is 0 Å². The number of nitrogens with one attached hydrogen (secondary N) is 1. The average molecular weight is 240 g/mol. The monoisotopic (exact) mass is 240 g/mol. The van der Waals surface area contributed by atoms with Crippen molar-refractivity contribution in [3.05, 3.63) is 29.8 Å². The highest BCUT2D eigenvalue weighted by Crippen LogP contribution is 2.20. The fraction of sp³-hybridized carbons (Fsp3) is 0.300. The third-order valence-corrected chi connectivity index (χ3v) is 3.86. The van der Waals surface area contributed by atoms with Crippen molar-refractivity contribution in [2.75, 3.05) is 10.8 Å². The van der Waals surface area contributed by atoms with E-state index < -0.39 is 16.1 Å². The highest BCUT2D eigenvalue weighted by molar-refractivity contribution is 7.92. The molecule has 1 aromatic rings. The topological polar surface area (TPSA) is 66.5 Å². The molecular formula is C10H12N2O3S. The maximum absolute atomic E-state index is 11.5. The van der Waals surface area contributed by atoms with Gasteiger partial charge in [-0.1, -0.05) is 19.1 Å². The van der Waals surface area contributed by atoms with Crippen molar-refractivity contribution in [1.29, 1.82) is 0 Å². The van der Waals surface area contributed by atoms with Crippen LogP contribution < -0.4 is 9.03 Å². The summed E-state index contributed by atoms with van der Waals surface area (Å²) in [5.74, 6) is -0.500. The number of carbonyl (C=O) groups excluding carboxylic acids is 1. The van der Waals surface area contributed by atoms with Gasteiger partial charge >= 0.3 is 10.2 Å². The molecular weight excluding hydrogens is 228 g/mol. The molecule has 1 aliphatic rings. The largest absolute Gasteiger partial charge is 0.326 e. The predicted molar refractivity (Wildman–Crippen MR) is 60.2 cm³/mol. The molecule has 1 aliphatic heterocycles. The number of aryl methyl sites for hydroxylation is 1. The molecule has 0 bridgehead atoms. The lowest BCUT2D eigenvalue weighted by Gasteiger charge is -2.14. The first-order valence-corrected chi connectivity index (χ1v) is 6.39. The van der Waals surface area contributed by atoms with Gasteiger partial charge in [0.15, 0.2) is 0 Å². The zero-order valence-corrected chi connectivity index (χ0v) is 9.62. The molecule has 6 heteroatoms. The Labute approximate surface area is 94.3 Å². The van der Waals surface area contributed by atoms with Crippen molar-refractivity contribution in [2.24, 2.45) is 0 Å².